The van der Waals surface area contributed by atoms with Crippen LogP contribution in [0.4, 0.5) is 13.2 Å². The largest absolute Gasteiger partial charge is 0.418 e. The monoisotopic (exact) mass is 329 g/mol. The molecule has 0 atom stereocenters. The Labute approximate surface area is 137 Å². The van der Waals surface area contributed by atoms with Crippen molar-refractivity contribution in [3.8, 4) is 5.69 Å². The lowest BCUT2D eigenvalue weighted by atomic mass is 10.00. The summed E-state index contributed by atoms with van der Waals surface area (Å²) in [6.07, 6.45) is -3.62. The van der Waals surface area contributed by atoms with Crippen molar-refractivity contribution in [2.45, 2.75) is 13.1 Å². The molecule has 0 aliphatic rings. The predicted molar refractivity (Wildman–Crippen MR) is 85.4 cm³/mol. The first-order valence-corrected chi connectivity index (χ1v) is 7.34. The Morgan fingerprint density at radius 1 is 0.917 bits per heavy atom. The van der Waals surface area contributed by atoms with Gasteiger partial charge < -0.3 is 4.57 Å². The first kappa shape index (κ1) is 16.1. The highest BCUT2D eigenvalue weighted by molar-refractivity contribution is 6.11. The van der Waals surface area contributed by atoms with Crippen molar-refractivity contribution >= 4 is 5.78 Å². The minimum atomic E-state index is -4.61. The van der Waals surface area contributed by atoms with Crippen LogP contribution in [0.5, 0.6) is 0 Å². The highest BCUT2D eigenvalue weighted by atomic mass is 19.4. The van der Waals surface area contributed by atoms with Gasteiger partial charge in [0.2, 0.25) is 0 Å². The SMILES string of the molecule is Cc1c(C(=O)c2ccccc2)c(C(F)(F)F)cn1-c1ccccc1. The van der Waals surface area contributed by atoms with Crippen molar-refractivity contribution in [2.24, 2.45) is 0 Å². The maximum Gasteiger partial charge on any atom is 0.418 e. The second kappa shape index (κ2) is 6.00. The van der Waals surface area contributed by atoms with Gasteiger partial charge in [-0.25, -0.2) is 0 Å². The van der Waals surface area contributed by atoms with E-state index in [9.17, 15) is 18.0 Å². The van der Waals surface area contributed by atoms with Crippen LogP contribution in [-0.4, -0.2) is 10.4 Å². The van der Waals surface area contributed by atoms with Crippen LogP contribution in [-0.2, 0) is 6.18 Å². The molecule has 0 saturated heterocycles. The third-order valence-corrected chi connectivity index (χ3v) is 3.85. The van der Waals surface area contributed by atoms with Crippen LogP contribution in [0.15, 0.2) is 66.9 Å². The van der Waals surface area contributed by atoms with Crippen molar-refractivity contribution in [3.63, 3.8) is 0 Å². The molecular formula is C19H14F3NO. The lowest BCUT2D eigenvalue weighted by molar-refractivity contribution is -0.137. The van der Waals surface area contributed by atoms with E-state index in [-0.39, 0.29) is 16.8 Å². The van der Waals surface area contributed by atoms with Crippen molar-refractivity contribution in [2.75, 3.05) is 0 Å². The van der Waals surface area contributed by atoms with Crippen molar-refractivity contribution in [1.82, 2.24) is 4.57 Å². The molecule has 0 aliphatic carbocycles. The maximum atomic E-state index is 13.5. The highest BCUT2D eigenvalue weighted by Gasteiger charge is 2.38. The summed E-state index contributed by atoms with van der Waals surface area (Å²) in [6, 6.07) is 16.7. The first-order valence-electron chi connectivity index (χ1n) is 7.34. The molecule has 24 heavy (non-hydrogen) atoms. The Bertz CT molecular complexity index is 865. The van der Waals surface area contributed by atoms with E-state index >= 15 is 0 Å². The number of carbonyl (C=O) groups is 1. The van der Waals surface area contributed by atoms with E-state index in [1.807, 2.05) is 0 Å². The topological polar surface area (TPSA) is 22.0 Å². The molecular weight excluding hydrogens is 315 g/mol. The van der Waals surface area contributed by atoms with Crippen LogP contribution in [0.3, 0.4) is 0 Å². The lowest BCUT2D eigenvalue weighted by Crippen LogP contribution is -2.12. The second-order valence-corrected chi connectivity index (χ2v) is 5.40. The molecule has 1 aromatic heterocycles. The minimum Gasteiger partial charge on any atom is -0.320 e. The number of hydrogen-bond acceptors (Lipinski definition) is 1. The fraction of sp³-hybridized carbons (Fsp3) is 0.105. The van der Waals surface area contributed by atoms with Gasteiger partial charge in [-0.05, 0) is 19.1 Å². The van der Waals surface area contributed by atoms with E-state index < -0.39 is 17.5 Å². The van der Waals surface area contributed by atoms with Gasteiger partial charge in [-0.3, -0.25) is 4.79 Å². The highest BCUT2D eigenvalue weighted by Crippen LogP contribution is 2.36. The van der Waals surface area contributed by atoms with E-state index in [2.05, 4.69) is 0 Å². The number of benzene rings is 2. The number of halogens is 3. The molecule has 0 bridgehead atoms. The van der Waals surface area contributed by atoms with Crippen LogP contribution in [0.1, 0.15) is 27.2 Å². The van der Waals surface area contributed by atoms with E-state index in [0.29, 0.717) is 5.69 Å². The van der Waals surface area contributed by atoms with Crippen LogP contribution in [0.25, 0.3) is 5.69 Å². The number of nitrogens with zero attached hydrogens (tertiary/aromatic N) is 1. The summed E-state index contributed by atoms with van der Waals surface area (Å²) in [5.41, 5.74) is -0.151. The molecule has 0 unspecified atom stereocenters. The number of ketones is 1. The van der Waals surface area contributed by atoms with Gasteiger partial charge in [0.15, 0.2) is 5.78 Å². The summed E-state index contributed by atoms with van der Waals surface area (Å²) in [6.45, 7) is 1.53. The van der Waals surface area contributed by atoms with Gasteiger partial charge in [0.05, 0.1) is 11.1 Å². The minimum absolute atomic E-state index is 0.233. The van der Waals surface area contributed by atoms with Gasteiger partial charge in [0.25, 0.3) is 0 Å². The van der Waals surface area contributed by atoms with Gasteiger partial charge in [-0.1, -0.05) is 48.5 Å². The van der Waals surface area contributed by atoms with Gasteiger partial charge in [-0.2, -0.15) is 13.2 Å². The Balaban J connectivity index is 2.21. The summed E-state index contributed by atoms with van der Waals surface area (Å²) in [7, 11) is 0. The van der Waals surface area contributed by atoms with Gasteiger partial charge in [0, 0.05) is 23.1 Å². The van der Waals surface area contributed by atoms with E-state index in [0.717, 1.165) is 6.20 Å². The molecule has 0 aliphatic heterocycles. The lowest BCUT2D eigenvalue weighted by Gasteiger charge is -2.08. The zero-order chi connectivity index (χ0) is 17.3. The molecule has 2 aromatic carbocycles. The van der Waals surface area contributed by atoms with Crippen LogP contribution >= 0.6 is 0 Å². The fourth-order valence-corrected chi connectivity index (χ4v) is 2.70. The summed E-state index contributed by atoms with van der Waals surface area (Å²) >= 11 is 0. The molecule has 122 valence electrons. The molecule has 1 heterocycles. The smallest absolute Gasteiger partial charge is 0.320 e. The molecule has 5 heteroatoms. The summed E-state index contributed by atoms with van der Waals surface area (Å²) in [5, 5.41) is 0. The van der Waals surface area contributed by atoms with Crippen LogP contribution < -0.4 is 0 Å². The predicted octanol–water partition coefficient (Wildman–Crippen LogP) is 5.04. The molecule has 2 nitrogen and oxygen atoms in total. The average Bonchev–Trinajstić information content (AvgIpc) is 2.93. The fourth-order valence-electron chi connectivity index (χ4n) is 2.70. The van der Waals surface area contributed by atoms with Gasteiger partial charge in [0.1, 0.15) is 0 Å². The Hall–Kier alpha value is -2.82. The first-order chi connectivity index (χ1) is 11.4. The Morgan fingerprint density at radius 2 is 1.46 bits per heavy atom. The molecule has 3 rings (SSSR count). The third kappa shape index (κ3) is 2.85. The summed E-state index contributed by atoms with van der Waals surface area (Å²) < 4.78 is 41.8. The molecule has 0 fully saturated rings. The number of carbonyl (C=O) groups excluding carboxylic acids is 1. The van der Waals surface area contributed by atoms with Crippen LogP contribution in [0.2, 0.25) is 0 Å². The van der Waals surface area contributed by atoms with Gasteiger partial charge in [-0.15, -0.1) is 0 Å². The van der Waals surface area contributed by atoms with E-state index in [1.165, 1.54) is 23.6 Å². The van der Waals surface area contributed by atoms with Crippen molar-refractivity contribution in [3.05, 3.63) is 89.2 Å². The van der Waals surface area contributed by atoms with Crippen molar-refractivity contribution in [1.29, 1.82) is 0 Å². The number of alkyl halides is 3. The number of aromatic nitrogens is 1. The molecule has 0 saturated carbocycles. The standard InChI is InChI=1S/C19H14F3NO/c1-13-17(18(24)14-8-4-2-5-9-14)16(19(20,21)22)12-23(13)15-10-6-3-7-11-15/h2-12H,1H3. The molecule has 0 N–H and O–H groups in total. The summed E-state index contributed by atoms with van der Waals surface area (Å²) in [4.78, 5) is 12.7. The maximum absolute atomic E-state index is 13.5. The molecule has 0 radical (unpaired) electrons. The normalized spacial score (nSPS) is 11.5. The number of para-hydroxylation sites is 1. The number of rotatable bonds is 3. The molecule has 0 amide bonds. The zero-order valence-corrected chi connectivity index (χ0v) is 12.8. The van der Waals surface area contributed by atoms with Crippen molar-refractivity contribution < 1.29 is 18.0 Å². The summed E-state index contributed by atoms with van der Waals surface area (Å²) in [5.74, 6) is -0.630. The average molecular weight is 329 g/mol. The van der Waals surface area contributed by atoms with E-state index in [1.54, 1.807) is 48.5 Å². The Kier molecular flexibility index (Phi) is 4.01. The van der Waals surface area contributed by atoms with Gasteiger partial charge >= 0.3 is 6.18 Å². The molecule has 0 spiro atoms. The quantitative estimate of drug-likeness (QED) is 0.617. The Morgan fingerprint density at radius 3 is 2.00 bits per heavy atom. The third-order valence-electron chi connectivity index (χ3n) is 3.85. The molecule has 3 aromatic rings. The van der Waals surface area contributed by atoms with E-state index in [4.69, 9.17) is 0 Å². The van der Waals surface area contributed by atoms with Crippen LogP contribution in [0, 0.1) is 6.92 Å². The number of hydrogen-bond donors (Lipinski definition) is 0. The zero-order valence-electron chi connectivity index (χ0n) is 12.8. The second-order valence-electron chi connectivity index (χ2n) is 5.40.